The van der Waals surface area contributed by atoms with E-state index in [1.54, 1.807) is 0 Å². The number of hydrogen-bond donors (Lipinski definition) is 0. The maximum Gasteiger partial charge on any atom is 0.0707 e. The van der Waals surface area contributed by atoms with E-state index in [2.05, 4.69) is 56.8 Å². The summed E-state index contributed by atoms with van der Waals surface area (Å²) >= 11 is 0. The fourth-order valence-corrected chi connectivity index (χ4v) is 2.71. The van der Waals surface area contributed by atoms with Gasteiger partial charge in [0.15, 0.2) is 0 Å². The Hall–Kier alpha value is -2.07. The molecule has 116 valence electrons. The Morgan fingerprint density at radius 2 is 1.77 bits per heavy atom. The van der Waals surface area contributed by atoms with E-state index in [-0.39, 0.29) is 0 Å². The second kappa shape index (κ2) is 6.79. The summed E-state index contributed by atoms with van der Waals surface area (Å²) in [7, 11) is 2.04. The molecule has 0 radical (unpaired) electrons. The van der Waals surface area contributed by atoms with Crippen molar-refractivity contribution in [3.05, 3.63) is 59.4 Å². The minimum Gasteiger partial charge on any atom is -0.350 e. The van der Waals surface area contributed by atoms with Gasteiger partial charge in [-0.1, -0.05) is 29.8 Å². The lowest BCUT2D eigenvalue weighted by atomic mass is 10.1. The summed E-state index contributed by atoms with van der Waals surface area (Å²) in [5.74, 6) is 0. The van der Waals surface area contributed by atoms with Gasteiger partial charge >= 0.3 is 0 Å². The van der Waals surface area contributed by atoms with Crippen molar-refractivity contribution in [1.82, 2.24) is 14.5 Å². The Balaban J connectivity index is 1.49. The van der Waals surface area contributed by atoms with Crippen LogP contribution in [0.15, 0.2) is 47.7 Å². The molecule has 1 aliphatic rings. The highest BCUT2D eigenvalue weighted by atomic mass is 15.5. The van der Waals surface area contributed by atoms with Crippen LogP contribution in [0.4, 0.5) is 0 Å². The topological polar surface area (TPSA) is 23.8 Å². The van der Waals surface area contributed by atoms with Crippen LogP contribution < -0.4 is 0 Å². The standard InChI is InChI=1S/C18H24N4/c1-16-5-7-17(8-6-16)15-21-10-12-22(13-11-21)19-14-18-4-3-9-20(18)2/h3-9,14H,10-13,15H2,1-2H3/b19-14-. The molecule has 22 heavy (non-hydrogen) atoms. The predicted octanol–water partition coefficient (Wildman–Crippen LogP) is 2.49. The van der Waals surface area contributed by atoms with E-state index >= 15 is 0 Å². The summed E-state index contributed by atoms with van der Waals surface area (Å²) in [4.78, 5) is 2.50. The average molecular weight is 296 g/mol. The maximum atomic E-state index is 4.60. The van der Waals surface area contributed by atoms with Crippen molar-refractivity contribution < 1.29 is 0 Å². The highest BCUT2D eigenvalue weighted by Gasteiger charge is 2.15. The van der Waals surface area contributed by atoms with Crippen molar-refractivity contribution in [2.75, 3.05) is 26.2 Å². The second-order valence-electron chi connectivity index (χ2n) is 6.00. The number of aromatic nitrogens is 1. The molecule has 4 nitrogen and oxygen atoms in total. The normalized spacial score (nSPS) is 16.5. The van der Waals surface area contributed by atoms with Crippen molar-refractivity contribution in [2.45, 2.75) is 13.5 Å². The number of hydrogen-bond acceptors (Lipinski definition) is 3. The molecule has 0 atom stereocenters. The first-order valence-electron chi connectivity index (χ1n) is 7.89. The van der Waals surface area contributed by atoms with E-state index < -0.39 is 0 Å². The molecular formula is C18H24N4. The molecule has 0 spiro atoms. The zero-order chi connectivity index (χ0) is 15.4. The third kappa shape index (κ3) is 3.77. The van der Waals surface area contributed by atoms with Gasteiger partial charge in [0.05, 0.1) is 11.9 Å². The zero-order valence-electron chi connectivity index (χ0n) is 13.4. The molecule has 2 heterocycles. The van der Waals surface area contributed by atoms with Gasteiger partial charge < -0.3 is 4.57 Å². The van der Waals surface area contributed by atoms with Gasteiger partial charge in [-0.25, -0.2) is 0 Å². The van der Waals surface area contributed by atoms with Crippen molar-refractivity contribution in [3.63, 3.8) is 0 Å². The number of hydrazone groups is 1. The van der Waals surface area contributed by atoms with Crippen molar-refractivity contribution in [2.24, 2.45) is 12.1 Å². The molecule has 2 aromatic rings. The molecule has 1 fully saturated rings. The fourth-order valence-electron chi connectivity index (χ4n) is 2.71. The van der Waals surface area contributed by atoms with Gasteiger partial charge in [0.25, 0.3) is 0 Å². The number of rotatable bonds is 4. The summed E-state index contributed by atoms with van der Waals surface area (Å²) in [6.07, 6.45) is 4.00. The lowest BCUT2D eigenvalue weighted by Crippen LogP contribution is -2.43. The molecule has 1 aliphatic heterocycles. The van der Waals surface area contributed by atoms with Gasteiger partial charge in [-0.2, -0.15) is 5.10 Å². The fraction of sp³-hybridized carbons (Fsp3) is 0.389. The van der Waals surface area contributed by atoms with Crippen LogP contribution in [-0.4, -0.2) is 46.9 Å². The monoisotopic (exact) mass is 296 g/mol. The Morgan fingerprint density at radius 1 is 1.05 bits per heavy atom. The second-order valence-corrected chi connectivity index (χ2v) is 6.00. The summed E-state index contributed by atoms with van der Waals surface area (Å²) in [5, 5.41) is 6.77. The minimum absolute atomic E-state index is 0.993. The van der Waals surface area contributed by atoms with Crippen LogP contribution in [0.3, 0.4) is 0 Å². The van der Waals surface area contributed by atoms with Crippen LogP contribution >= 0.6 is 0 Å². The smallest absolute Gasteiger partial charge is 0.0707 e. The van der Waals surface area contributed by atoms with Crippen LogP contribution in [-0.2, 0) is 13.6 Å². The van der Waals surface area contributed by atoms with Crippen molar-refractivity contribution in [3.8, 4) is 0 Å². The Bertz CT molecular complexity index is 619. The van der Waals surface area contributed by atoms with Crippen molar-refractivity contribution >= 4 is 6.21 Å². The highest BCUT2D eigenvalue weighted by Crippen LogP contribution is 2.10. The van der Waals surface area contributed by atoms with E-state index in [1.165, 1.54) is 11.1 Å². The summed E-state index contributed by atoms with van der Waals surface area (Å²) < 4.78 is 2.08. The van der Waals surface area contributed by atoms with E-state index in [4.69, 9.17) is 0 Å². The van der Waals surface area contributed by atoms with Crippen LogP contribution in [0.1, 0.15) is 16.8 Å². The first kappa shape index (κ1) is 14.9. The van der Waals surface area contributed by atoms with Gasteiger partial charge in [0.1, 0.15) is 0 Å². The molecule has 0 aliphatic carbocycles. The molecule has 0 amide bonds. The van der Waals surface area contributed by atoms with Gasteiger partial charge in [0.2, 0.25) is 0 Å². The Kier molecular flexibility index (Phi) is 4.59. The SMILES string of the molecule is Cc1ccc(CN2CCN(/N=C\c3cccn3C)CC2)cc1. The average Bonchev–Trinajstić information content (AvgIpc) is 2.94. The lowest BCUT2D eigenvalue weighted by molar-refractivity contribution is 0.131. The summed E-state index contributed by atoms with van der Waals surface area (Å²) in [6, 6.07) is 13.0. The molecule has 4 heteroatoms. The minimum atomic E-state index is 0.993. The Labute approximate surface area is 132 Å². The largest absolute Gasteiger partial charge is 0.350 e. The number of nitrogens with zero attached hydrogens (tertiary/aromatic N) is 4. The molecule has 1 aromatic heterocycles. The molecule has 0 bridgehead atoms. The summed E-state index contributed by atoms with van der Waals surface area (Å²) in [5.41, 5.74) is 3.86. The van der Waals surface area contributed by atoms with E-state index in [9.17, 15) is 0 Å². The molecule has 3 rings (SSSR count). The highest BCUT2D eigenvalue weighted by molar-refractivity contribution is 5.77. The third-order valence-corrected chi connectivity index (χ3v) is 4.21. The van der Waals surface area contributed by atoms with E-state index in [0.717, 1.165) is 38.4 Å². The molecule has 1 saturated heterocycles. The summed E-state index contributed by atoms with van der Waals surface area (Å²) in [6.45, 7) is 7.29. The number of aryl methyl sites for hydroxylation is 2. The van der Waals surface area contributed by atoms with Crippen LogP contribution in [0.2, 0.25) is 0 Å². The van der Waals surface area contributed by atoms with Gasteiger partial charge in [-0.3, -0.25) is 9.91 Å². The molecular weight excluding hydrogens is 272 g/mol. The maximum absolute atomic E-state index is 4.60. The quantitative estimate of drug-likeness (QED) is 0.809. The third-order valence-electron chi connectivity index (χ3n) is 4.21. The van der Waals surface area contributed by atoms with E-state index in [1.807, 2.05) is 25.5 Å². The van der Waals surface area contributed by atoms with Gasteiger partial charge in [-0.05, 0) is 24.6 Å². The van der Waals surface area contributed by atoms with Crippen LogP contribution in [0.5, 0.6) is 0 Å². The first-order chi connectivity index (χ1) is 10.7. The van der Waals surface area contributed by atoms with Crippen LogP contribution in [0.25, 0.3) is 0 Å². The molecule has 0 N–H and O–H groups in total. The first-order valence-corrected chi connectivity index (χ1v) is 7.89. The predicted molar refractivity (Wildman–Crippen MR) is 91.0 cm³/mol. The zero-order valence-corrected chi connectivity index (χ0v) is 13.4. The van der Waals surface area contributed by atoms with Crippen LogP contribution in [0, 0.1) is 6.92 Å². The molecule has 0 saturated carbocycles. The lowest BCUT2D eigenvalue weighted by Gasteiger charge is -2.33. The molecule has 0 unspecified atom stereocenters. The van der Waals surface area contributed by atoms with Gasteiger partial charge in [0, 0.05) is 46.0 Å². The van der Waals surface area contributed by atoms with E-state index in [0.29, 0.717) is 0 Å². The number of piperazine rings is 1. The number of benzene rings is 1. The van der Waals surface area contributed by atoms with Gasteiger partial charge in [-0.15, -0.1) is 0 Å². The van der Waals surface area contributed by atoms with Crippen molar-refractivity contribution in [1.29, 1.82) is 0 Å². The Morgan fingerprint density at radius 3 is 2.41 bits per heavy atom. The molecule has 1 aromatic carbocycles.